The highest BCUT2D eigenvalue weighted by Crippen LogP contribution is 2.35. The summed E-state index contributed by atoms with van der Waals surface area (Å²) in [6.07, 6.45) is 3.55. The number of nitrogens with one attached hydrogen (secondary N) is 1. The number of benzene rings is 2. The zero-order valence-electron chi connectivity index (χ0n) is 14.9. The maximum atomic E-state index is 11.6. The average Bonchev–Trinajstić information content (AvgIpc) is 2.67. The largest absolute Gasteiger partial charge is 0.493 e. The smallest absolute Gasteiger partial charge is 0.330 e. The highest BCUT2D eigenvalue weighted by molar-refractivity contribution is 5.88. The molecule has 7 heteroatoms. The van der Waals surface area contributed by atoms with E-state index in [-0.39, 0.29) is 18.3 Å². The van der Waals surface area contributed by atoms with Crippen molar-refractivity contribution in [2.24, 2.45) is 0 Å². The molecule has 0 saturated carbocycles. The van der Waals surface area contributed by atoms with Gasteiger partial charge in [0.1, 0.15) is 5.75 Å². The number of rotatable bonds is 6. The van der Waals surface area contributed by atoms with Crippen LogP contribution in [0.15, 0.2) is 48.5 Å². The van der Waals surface area contributed by atoms with Crippen LogP contribution in [0, 0.1) is 10.1 Å². The predicted octanol–water partition coefficient (Wildman–Crippen LogP) is 4.11. The maximum absolute atomic E-state index is 11.6. The number of carbonyl (C=O) groups is 1. The van der Waals surface area contributed by atoms with E-state index in [1.165, 1.54) is 24.3 Å². The normalized spacial score (nSPS) is 15.7. The van der Waals surface area contributed by atoms with Crippen molar-refractivity contribution < 1.29 is 19.2 Å². The third kappa shape index (κ3) is 4.44. The molecule has 0 fully saturated rings. The Balaban J connectivity index is 1.91. The number of para-hydroxylation sites is 1. The second-order valence-electron chi connectivity index (χ2n) is 5.99. The first-order valence-corrected chi connectivity index (χ1v) is 8.70. The molecule has 1 aliphatic heterocycles. The number of carbonyl (C=O) groups excluding carboxylic acids is 1. The molecule has 1 heterocycles. The Morgan fingerprint density at radius 1 is 1.37 bits per heavy atom. The number of hydrogen-bond acceptors (Lipinski definition) is 6. The summed E-state index contributed by atoms with van der Waals surface area (Å²) in [4.78, 5) is 22.3. The van der Waals surface area contributed by atoms with Crippen LogP contribution in [0.2, 0.25) is 0 Å². The number of nitro benzene ring substituents is 1. The Labute approximate surface area is 156 Å². The molecule has 0 saturated heterocycles. The molecule has 2 aromatic rings. The number of hydrogen-bond donors (Lipinski definition) is 1. The van der Waals surface area contributed by atoms with Crippen LogP contribution in [-0.2, 0) is 9.53 Å². The van der Waals surface area contributed by atoms with Crippen LogP contribution in [0.3, 0.4) is 0 Å². The molecule has 0 amide bonds. The Hall–Kier alpha value is -3.35. The third-order valence-corrected chi connectivity index (χ3v) is 4.22. The highest BCUT2D eigenvalue weighted by Gasteiger charge is 2.22. The van der Waals surface area contributed by atoms with Crippen molar-refractivity contribution in [3.8, 4) is 5.75 Å². The fourth-order valence-electron chi connectivity index (χ4n) is 2.96. The summed E-state index contributed by atoms with van der Waals surface area (Å²) in [5.74, 6) is 0.332. The Bertz CT molecular complexity index is 878. The van der Waals surface area contributed by atoms with E-state index in [4.69, 9.17) is 9.47 Å². The minimum Gasteiger partial charge on any atom is -0.493 e. The molecule has 2 aromatic carbocycles. The molecule has 1 N–H and O–H groups in total. The van der Waals surface area contributed by atoms with Crippen LogP contribution in [0.4, 0.5) is 11.4 Å². The van der Waals surface area contributed by atoms with Crippen LogP contribution in [0.5, 0.6) is 5.75 Å². The summed E-state index contributed by atoms with van der Waals surface area (Å²) < 4.78 is 10.6. The van der Waals surface area contributed by atoms with Gasteiger partial charge in [0.25, 0.3) is 5.69 Å². The monoisotopic (exact) mass is 368 g/mol. The van der Waals surface area contributed by atoms with E-state index in [2.05, 4.69) is 5.32 Å². The van der Waals surface area contributed by atoms with Gasteiger partial charge in [-0.3, -0.25) is 10.1 Å². The number of ether oxygens (including phenoxy) is 2. The lowest BCUT2D eigenvalue weighted by Crippen LogP contribution is -2.20. The van der Waals surface area contributed by atoms with E-state index >= 15 is 0 Å². The van der Waals surface area contributed by atoms with Crippen LogP contribution in [0.1, 0.15) is 30.5 Å². The van der Waals surface area contributed by atoms with E-state index in [1.807, 2.05) is 24.3 Å². The first-order valence-electron chi connectivity index (χ1n) is 8.70. The van der Waals surface area contributed by atoms with Gasteiger partial charge in [0.15, 0.2) is 0 Å². The zero-order valence-corrected chi connectivity index (χ0v) is 14.9. The van der Waals surface area contributed by atoms with Gasteiger partial charge in [-0.25, -0.2) is 4.79 Å². The lowest BCUT2D eigenvalue weighted by atomic mass is 9.99. The third-order valence-electron chi connectivity index (χ3n) is 4.22. The summed E-state index contributed by atoms with van der Waals surface area (Å²) in [6.45, 7) is 2.56. The summed E-state index contributed by atoms with van der Waals surface area (Å²) >= 11 is 0. The summed E-state index contributed by atoms with van der Waals surface area (Å²) in [6, 6.07) is 12.3. The van der Waals surface area contributed by atoms with Crippen LogP contribution in [0.25, 0.3) is 6.08 Å². The molecular weight excluding hydrogens is 348 g/mol. The summed E-state index contributed by atoms with van der Waals surface area (Å²) in [5, 5.41) is 14.5. The molecule has 3 rings (SSSR count). The molecule has 7 nitrogen and oxygen atoms in total. The Morgan fingerprint density at radius 3 is 2.96 bits per heavy atom. The lowest BCUT2D eigenvalue weighted by Gasteiger charge is -2.28. The van der Waals surface area contributed by atoms with E-state index in [0.29, 0.717) is 17.9 Å². The van der Waals surface area contributed by atoms with E-state index in [0.717, 1.165) is 17.7 Å². The molecule has 1 unspecified atom stereocenters. The second-order valence-corrected chi connectivity index (χ2v) is 5.99. The van der Waals surface area contributed by atoms with Gasteiger partial charge in [0, 0.05) is 41.4 Å². The fourth-order valence-corrected chi connectivity index (χ4v) is 2.96. The van der Waals surface area contributed by atoms with Gasteiger partial charge in [-0.05, 0) is 25.1 Å². The van der Waals surface area contributed by atoms with Gasteiger partial charge in [-0.2, -0.15) is 0 Å². The topological polar surface area (TPSA) is 90.7 Å². The molecule has 0 bridgehead atoms. The first kappa shape index (κ1) is 18.4. The first-order chi connectivity index (χ1) is 13.1. The van der Waals surface area contributed by atoms with E-state index < -0.39 is 10.9 Å². The minimum atomic E-state index is -0.494. The number of nitro groups is 1. The standard InChI is InChI=1S/C20H20N2O5/c1-2-26-20(23)10-7-14-13-15(22(24)25)8-9-17(14)21-18-11-12-27-19-6-4-3-5-16(18)19/h3-10,13,18,21H,2,11-12H2,1H3/b10-7+. The zero-order chi connectivity index (χ0) is 19.2. The predicted molar refractivity (Wildman–Crippen MR) is 102 cm³/mol. The SMILES string of the molecule is CCOC(=O)/C=C/c1cc([N+](=O)[O-])ccc1NC1CCOc2ccccc21. The highest BCUT2D eigenvalue weighted by atomic mass is 16.6. The molecular formula is C20H20N2O5. The van der Waals surface area contributed by atoms with Crippen molar-refractivity contribution in [1.29, 1.82) is 0 Å². The second kappa shape index (κ2) is 8.35. The summed E-state index contributed by atoms with van der Waals surface area (Å²) in [7, 11) is 0. The van der Waals surface area contributed by atoms with Gasteiger partial charge < -0.3 is 14.8 Å². The molecule has 0 aliphatic carbocycles. The minimum absolute atomic E-state index is 0.00569. The van der Waals surface area contributed by atoms with Crippen molar-refractivity contribution >= 4 is 23.4 Å². The van der Waals surface area contributed by atoms with Gasteiger partial charge in [0.05, 0.1) is 24.2 Å². The van der Waals surface area contributed by atoms with E-state index in [9.17, 15) is 14.9 Å². The van der Waals surface area contributed by atoms with Crippen molar-refractivity contribution in [3.05, 3.63) is 69.8 Å². The van der Waals surface area contributed by atoms with Crippen molar-refractivity contribution in [1.82, 2.24) is 0 Å². The lowest BCUT2D eigenvalue weighted by molar-refractivity contribution is -0.384. The molecule has 0 aromatic heterocycles. The number of fused-ring (bicyclic) bond motifs is 1. The molecule has 1 aliphatic rings. The van der Waals surface area contributed by atoms with Crippen molar-refractivity contribution in [3.63, 3.8) is 0 Å². The van der Waals surface area contributed by atoms with Gasteiger partial charge in [-0.15, -0.1) is 0 Å². The number of anilines is 1. The maximum Gasteiger partial charge on any atom is 0.330 e. The molecule has 1 atom stereocenters. The summed E-state index contributed by atoms with van der Waals surface area (Å²) in [5.41, 5.74) is 2.22. The van der Waals surface area contributed by atoms with E-state index in [1.54, 1.807) is 13.0 Å². The van der Waals surface area contributed by atoms with Crippen molar-refractivity contribution in [2.45, 2.75) is 19.4 Å². The molecule has 140 valence electrons. The van der Waals surface area contributed by atoms with Gasteiger partial charge >= 0.3 is 5.97 Å². The van der Waals surface area contributed by atoms with Gasteiger partial charge in [0.2, 0.25) is 0 Å². The Morgan fingerprint density at radius 2 is 2.19 bits per heavy atom. The molecule has 0 spiro atoms. The average molecular weight is 368 g/mol. The van der Waals surface area contributed by atoms with Crippen LogP contribution < -0.4 is 10.1 Å². The molecule has 0 radical (unpaired) electrons. The molecule has 27 heavy (non-hydrogen) atoms. The van der Waals surface area contributed by atoms with Crippen LogP contribution >= 0.6 is 0 Å². The number of nitrogens with zero attached hydrogens (tertiary/aromatic N) is 1. The van der Waals surface area contributed by atoms with Crippen molar-refractivity contribution in [2.75, 3.05) is 18.5 Å². The van der Waals surface area contributed by atoms with Gasteiger partial charge in [-0.1, -0.05) is 18.2 Å². The number of non-ortho nitro benzene ring substituents is 1. The number of esters is 1. The quantitative estimate of drug-likeness (QED) is 0.357. The fraction of sp³-hybridized carbons (Fsp3) is 0.250. The van der Waals surface area contributed by atoms with Crippen LogP contribution in [-0.4, -0.2) is 24.1 Å². The Kier molecular flexibility index (Phi) is 5.71.